The molecule has 3 fully saturated rings. The van der Waals surface area contributed by atoms with E-state index in [-0.39, 0.29) is 24.8 Å². The van der Waals surface area contributed by atoms with Crippen LogP contribution in [0.15, 0.2) is 18.2 Å². The molecule has 3 saturated heterocycles. The van der Waals surface area contributed by atoms with E-state index in [0.29, 0.717) is 23.6 Å². The fourth-order valence-corrected chi connectivity index (χ4v) is 6.71. The number of amides is 5. The molecule has 0 aromatic heterocycles. The molecule has 4 heterocycles. The lowest BCUT2D eigenvalue weighted by atomic mass is 9.98. The Hall–Kier alpha value is -3.31. The predicted molar refractivity (Wildman–Crippen MR) is 160 cm³/mol. The summed E-state index contributed by atoms with van der Waals surface area (Å²) in [5.41, 5.74) is 1.13. The molecule has 1 atom stereocenters. The summed E-state index contributed by atoms with van der Waals surface area (Å²) < 4.78 is 5.53. The minimum atomic E-state index is -0.941. The van der Waals surface area contributed by atoms with Crippen LogP contribution in [0.1, 0.15) is 92.0 Å². The molecule has 4 aliphatic heterocycles. The first-order chi connectivity index (χ1) is 20.5. The number of nitrogens with one attached hydrogen (secondary N) is 1. The van der Waals surface area contributed by atoms with Gasteiger partial charge in [0.2, 0.25) is 11.8 Å². The van der Waals surface area contributed by atoms with Crippen molar-refractivity contribution in [2.75, 3.05) is 45.8 Å². The van der Waals surface area contributed by atoms with Gasteiger partial charge in [0, 0.05) is 51.7 Å². The lowest BCUT2D eigenvalue weighted by molar-refractivity contribution is -0.136. The molecule has 0 aliphatic carbocycles. The van der Waals surface area contributed by atoms with Crippen molar-refractivity contribution in [2.24, 2.45) is 0 Å². The smallest absolute Gasteiger partial charge is 0.410 e. The molecular weight excluding hydrogens is 550 g/mol. The minimum Gasteiger partial charge on any atom is -0.444 e. The number of aryl methyl sites for hydroxylation is 1. The second kappa shape index (κ2) is 13.1. The highest BCUT2D eigenvalue weighted by Gasteiger charge is 2.45. The van der Waals surface area contributed by atoms with E-state index >= 15 is 0 Å². The minimum absolute atomic E-state index is 0.112. The Balaban J connectivity index is 1.02. The molecule has 1 aromatic rings. The fourth-order valence-electron chi connectivity index (χ4n) is 6.71. The Morgan fingerprint density at radius 1 is 0.907 bits per heavy atom. The molecule has 5 rings (SSSR count). The van der Waals surface area contributed by atoms with E-state index in [1.165, 1.54) is 0 Å². The fraction of sp³-hybridized carbons (Fsp3) is 0.656. The zero-order valence-corrected chi connectivity index (χ0v) is 25.7. The number of piperazine rings is 1. The number of benzene rings is 1. The summed E-state index contributed by atoms with van der Waals surface area (Å²) in [5, 5.41) is 2.25. The Kier molecular flexibility index (Phi) is 9.51. The van der Waals surface area contributed by atoms with Crippen LogP contribution in [-0.4, -0.2) is 113 Å². The summed E-state index contributed by atoms with van der Waals surface area (Å²) in [4.78, 5) is 70.6. The van der Waals surface area contributed by atoms with Crippen LogP contribution in [0.2, 0.25) is 0 Å². The number of likely N-dealkylation sites (tertiary alicyclic amines) is 1. The summed E-state index contributed by atoms with van der Waals surface area (Å²) >= 11 is 0. The molecule has 11 nitrogen and oxygen atoms in total. The third-order valence-electron chi connectivity index (χ3n) is 9.01. The molecule has 5 amide bonds. The number of unbranched alkanes of at least 4 members (excludes halogenated alkanes) is 2. The largest absolute Gasteiger partial charge is 0.444 e. The highest BCUT2D eigenvalue weighted by atomic mass is 16.6. The monoisotopic (exact) mass is 595 g/mol. The molecule has 0 saturated carbocycles. The average molecular weight is 596 g/mol. The van der Waals surface area contributed by atoms with Gasteiger partial charge in [-0.3, -0.25) is 34.3 Å². The lowest BCUT2D eigenvalue weighted by Gasteiger charge is -2.42. The van der Waals surface area contributed by atoms with E-state index in [9.17, 15) is 24.0 Å². The zero-order valence-electron chi connectivity index (χ0n) is 25.7. The first-order valence-electron chi connectivity index (χ1n) is 15.8. The van der Waals surface area contributed by atoms with Crippen LogP contribution < -0.4 is 5.32 Å². The molecule has 0 radical (unpaired) electrons. The SMILES string of the molecule is CC(C)(C)OC(=O)N1CCC(N2CCN(CCCCCc3cccc4c3C(=O)N(C3CCC(=O)NC3=O)C4=O)CC2)CC1. The van der Waals surface area contributed by atoms with E-state index in [1.807, 2.05) is 31.7 Å². The van der Waals surface area contributed by atoms with Crippen molar-refractivity contribution in [3.05, 3.63) is 34.9 Å². The lowest BCUT2D eigenvalue weighted by Crippen LogP contribution is -2.54. The van der Waals surface area contributed by atoms with E-state index in [0.717, 1.165) is 88.4 Å². The van der Waals surface area contributed by atoms with Gasteiger partial charge in [0.05, 0.1) is 11.1 Å². The van der Waals surface area contributed by atoms with Crippen LogP contribution in [0.4, 0.5) is 4.79 Å². The molecule has 11 heteroatoms. The van der Waals surface area contributed by atoms with Crippen LogP contribution in [0.3, 0.4) is 0 Å². The van der Waals surface area contributed by atoms with E-state index in [1.54, 1.807) is 12.1 Å². The third-order valence-corrected chi connectivity index (χ3v) is 9.01. The van der Waals surface area contributed by atoms with Gasteiger partial charge in [-0.15, -0.1) is 0 Å². The van der Waals surface area contributed by atoms with Gasteiger partial charge in [0.15, 0.2) is 0 Å². The number of piperidine rings is 2. The van der Waals surface area contributed by atoms with Crippen LogP contribution in [0, 0.1) is 0 Å². The van der Waals surface area contributed by atoms with Gasteiger partial charge < -0.3 is 14.5 Å². The number of nitrogens with zero attached hydrogens (tertiary/aromatic N) is 4. The summed E-state index contributed by atoms with van der Waals surface area (Å²) in [6.45, 7) is 12.4. The highest BCUT2D eigenvalue weighted by molar-refractivity contribution is 6.24. The van der Waals surface area contributed by atoms with Crippen LogP contribution in [0.25, 0.3) is 0 Å². The Labute approximate surface area is 253 Å². The van der Waals surface area contributed by atoms with Gasteiger partial charge in [0.25, 0.3) is 11.8 Å². The molecule has 1 unspecified atom stereocenters. The van der Waals surface area contributed by atoms with Gasteiger partial charge in [-0.1, -0.05) is 18.6 Å². The number of rotatable bonds is 8. The number of fused-ring (bicyclic) bond motifs is 1. The summed E-state index contributed by atoms with van der Waals surface area (Å²) in [7, 11) is 0. The van der Waals surface area contributed by atoms with Crippen molar-refractivity contribution in [1.82, 2.24) is 24.9 Å². The predicted octanol–water partition coefficient (Wildman–Crippen LogP) is 2.82. The summed E-state index contributed by atoms with van der Waals surface area (Å²) in [5.74, 6) is -1.85. The molecule has 1 aromatic carbocycles. The number of hydrogen-bond donors (Lipinski definition) is 1. The molecule has 234 valence electrons. The van der Waals surface area contributed by atoms with Gasteiger partial charge >= 0.3 is 6.09 Å². The summed E-state index contributed by atoms with van der Waals surface area (Å²) in [6.07, 6.45) is 5.73. The quantitative estimate of drug-likeness (QED) is 0.360. The highest BCUT2D eigenvalue weighted by Crippen LogP contribution is 2.31. The maximum absolute atomic E-state index is 13.3. The number of ether oxygens (including phenoxy) is 1. The van der Waals surface area contributed by atoms with E-state index in [2.05, 4.69) is 15.1 Å². The normalized spacial score (nSPS) is 22.6. The molecule has 4 aliphatic rings. The van der Waals surface area contributed by atoms with Crippen LogP contribution >= 0.6 is 0 Å². The van der Waals surface area contributed by atoms with E-state index in [4.69, 9.17) is 4.74 Å². The summed E-state index contributed by atoms with van der Waals surface area (Å²) in [6, 6.07) is 4.93. The Morgan fingerprint density at radius 2 is 1.63 bits per heavy atom. The first-order valence-corrected chi connectivity index (χ1v) is 15.8. The first kappa shape index (κ1) is 31.1. The molecule has 1 N–H and O–H groups in total. The van der Waals surface area contributed by atoms with Gasteiger partial charge in [-0.05, 0) is 77.5 Å². The number of carbonyl (C=O) groups excluding carboxylic acids is 5. The molecular formula is C32H45N5O6. The third kappa shape index (κ3) is 7.26. The second-order valence-electron chi connectivity index (χ2n) is 13.2. The Bertz CT molecular complexity index is 1240. The molecule has 0 spiro atoms. The van der Waals surface area contributed by atoms with Crippen molar-refractivity contribution in [3.8, 4) is 0 Å². The standard InChI is InChI=1S/C32H45N5O6/c1-32(2,3)43-31(42)36-16-13-23(14-17-36)35-20-18-34(19-21-35)15-6-4-5-8-22-9-7-10-24-27(22)30(41)37(29(24)40)25-11-12-26(38)33-28(25)39/h7,9-10,23,25H,4-6,8,11-21H2,1-3H3,(H,33,38,39). The van der Waals surface area contributed by atoms with Crippen LogP contribution in [0.5, 0.6) is 0 Å². The molecule has 0 bridgehead atoms. The Morgan fingerprint density at radius 3 is 2.30 bits per heavy atom. The number of hydrogen-bond acceptors (Lipinski definition) is 8. The van der Waals surface area contributed by atoms with E-state index < -0.39 is 29.4 Å². The average Bonchev–Trinajstić information content (AvgIpc) is 3.22. The number of imide groups is 2. The maximum Gasteiger partial charge on any atom is 0.410 e. The van der Waals surface area contributed by atoms with Gasteiger partial charge in [-0.2, -0.15) is 0 Å². The second-order valence-corrected chi connectivity index (χ2v) is 13.2. The zero-order chi connectivity index (χ0) is 30.7. The van der Waals surface area contributed by atoms with Gasteiger partial charge in [-0.25, -0.2) is 4.79 Å². The van der Waals surface area contributed by atoms with Crippen molar-refractivity contribution >= 4 is 29.7 Å². The van der Waals surface area contributed by atoms with Gasteiger partial charge in [0.1, 0.15) is 11.6 Å². The van der Waals surface area contributed by atoms with Crippen molar-refractivity contribution < 1.29 is 28.7 Å². The van der Waals surface area contributed by atoms with Crippen molar-refractivity contribution in [1.29, 1.82) is 0 Å². The number of carbonyl (C=O) groups is 5. The maximum atomic E-state index is 13.3. The van der Waals surface area contributed by atoms with Crippen molar-refractivity contribution in [3.63, 3.8) is 0 Å². The van der Waals surface area contributed by atoms with Crippen molar-refractivity contribution in [2.45, 2.75) is 89.8 Å². The van der Waals surface area contributed by atoms with Crippen LogP contribution in [-0.2, 0) is 20.7 Å². The topological polar surface area (TPSA) is 120 Å². The molecule has 43 heavy (non-hydrogen) atoms.